The lowest BCUT2D eigenvalue weighted by Gasteiger charge is -2.12. The van der Waals surface area contributed by atoms with Crippen molar-refractivity contribution in [2.45, 2.75) is 4.90 Å². The highest BCUT2D eigenvalue weighted by atomic mass is 35.5. The second-order valence-electron chi connectivity index (χ2n) is 6.87. The van der Waals surface area contributed by atoms with Gasteiger partial charge in [-0.15, -0.1) is 0 Å². The van der Waals surface area contributed by atoms with Crippen molar-refractivity contribution < 1.29 is 13.2 Å². The van der Waals surface area contributed by atoms with Crippen LogP contribution in [0.4, 0.5) is 5.69 Å². The molecule has 0 fully saturated rings. The van der Waals surface area contributed by atoms with E-state index in [9.17, 15) is 13.2 Å². The fourth-order valence-corrected chi connectivity index (χ4v) is 4.38. The Balaban J connectivity index is 1.54. The number of amides is 1. The number of benzene rings is 4. The number of nitrogens with one attached hydrogen (secondary N) is 2. The summed E-state index contributed by atoms with van der Waals surface area (Å²) in [6, 6.07) is 25.7. The summed E-state index contributed by atoms with van der Waals surface area (Å²) in [6.07, 6.45) is 1.56. The quantitative estimate of drug-likeness (QED) is 0.309. The molecular weight excluding hydrogens is 446 g/mol. The van der Waals surface area contributed by atoms with Gasteiger partial charge in [0, 0.05) is 10.6 Å². The van der Waals surface area contributed by atoms with Crippen LogP contribution in [0.1, 0.15) is 15.9 Å². The molecule has 4 aromatic rings. The SMILES string of the molecule is O=C(N/N=C/c1cccc2ccccc12)c1ccccc1NS(=O)(=O)c1ccc(Cl)cc1. The molecule has 8 heteroatoms. The largest absolute Gasteiger partial charge is 0.279 e. The zero-order chi connectivity index (χ0) is 22.6. The highest BCUT2D eigenvalue weighted by molar-refractivity contribution is 7.92. The predicted molar refractivity (Wildman–Crippen MR) is 128 cm³/mol. The highest BCUT2D eigenvalue weighted by Gasteiger charge is 2.18. The molecule has 0 bridgehead atoms. The van der Waals surface area contributed by atoms with Crippen molar-refractivity contribution in [1.82, 2.24) is 5.43 Å². The summed E-state index contributed by atoms with van der Waals surface area (Å²) in [4.78, 5) is 12.7. The Morgan fingerprint density at radius 3 is 2.34 bits per heavy atom. The molecular formula is C24H18ClN3O3S. The minimum Gasteiger partial charge on any atom is -0.279 e. The van der Waals surface area contributed by atoms with Crippen LogP contribution in [0.2, 0.25) is 5.02 Å². The third kappa shape index (κ3) is 4.80. The monoisotopic (exact) mass is 463 g/mol. The zero-order valence-corrected chi connectivity index (χ0v) is 18.3. The van der Waals surface area contributed by atoms with Crippen LogP contribution in [0.5, 0.6) is 0 Å². The molecule has 2 N–H and O–H groups in total. The van der Waals surface area contributed by atoms with Crippen LogP contribution in [0.25, 0.3) is 10.8 Å². The zero-order valence-electron chi connectivity index (χ0n) is 16.7. The Morgan fingerprint density at radius 2 is 1.53 bits per heavy atom. The van der Waals surface area contributed by atoms with E-state index in [1.54, 1.807) is 18.3 Å². The highest BCUT2D eigenvalue weighted by Crippen LogP contribution is 2.21. The van der Waals surface area contributed by atoms with Gasteiger partial charge < -0.3 is 0 Å². The summed E-state index contributed by atoms with van der Waals surface area (Å²) in [7, 11) is -3.90. The van der Waals surface area contributed by atoms with Crippen molar-refractivity contribution in [3.8, 4) is 0 Å². The van der Waals surface area contributed by atoms with Crippen LogP contribution >= 0.6 is 11.6 Å². The lowest BCUT2D eigenvalue weighted by atomic mass is 10.1. The number of halogens is 1. The standard InChI is InChI=1S/C24H18ClN3O3S/c25-19-12-14-20(15-13-19)32(30,31)28-23-11-4-3-10-22(23)24(29)27-26-16-18-8-5-7-17-6-1-2-9-21(17)18/h1-16,28H,(H,27,29)/b26-16+. The molecule has 4 rings (SSSR count). The Bertz CT molecular complexity index is 1410. The van der Waals surface area contributed by atoms with E-state index in [0.717, 1.165) is 16.3 Å². The Labute approximate surface area is 190 Å². The number of fused-ring (bicyclic) bond motifs is 1. The first-order valence-corrected chi connectivity index (χ1v) is 11.5. The molecule has 0 heterocycles. The first kappa shape index (κ1) is 21.5. The van der Waals surface area contributed by atoms with E-state index in [-0.39, 0.29) is 16.1 Å². The van der Waals surface area contributed by atoms with Gasteiger partial charge in [0.2, 0.25) is 0 Å². The minimum atomic E-state index is -3.90. The fourth-order valence-electron chi connectivity index (χ4n) is 3.17. The fraction of sp³-hybridized carbons (Fsp3) is 0. The van der Waals surface area contributed by atoms with E-state index in [2.05, 4.69) is 15.2 Å². The van der Waals surface area contributed by atoms with Crippen molar-refractivity contribution in [2.24, 2.45) is 5.10 Å². The van der Waals surface area contributed by atoms with E-state index < -0.39 is 15.9 Å². The summed E-state index contributed by atoms with van der Waals surface area (Å²) in [6.45, 7) is 0. The number of hydrogen-bond donors (Lipinski definition) is 2. The van der Waals surface area contributed by atoms with Gasteiger partial charge in [0.05, 0.1) is 22.4 Å². The molecule has 0 atom stereocenters. The van der Waals surface area contributed by atoms with Gasteiger partial charge in [-0.05, 0) is 47.2 Å². The smallest absolute Gasteiger partial charge is 0.273 e. The number of hydrogen-bond acceptors (Lipinski definition) is 4. The summed E-state index contributed by atoms with van der Waals surface area (Å²) >= 11 is 5.83. The maximum absolute atomic E-state index is 12.7. The number of anilines is 1. The van der Waals surface area contributed by atoms with Gasteiger partial charge in [0.25, 0.3) is 15.9 Å². The minimum absolute atomic E-state index is 0.0334. The number of carbonyl (C=O) groups is 1. The van der Waals surface area contributed by atoms with Gasteiger partial charge >= 0.3 is 0 Å². The van der Waals surface area contributed by atoms with Crippen molar-refractivity contribution in [1.29, 1.82) is 0 Å². The molecule has 0 saturated carbocycles. The first-order chi connectivity index (χ1) is 15.4. The maximum atomic E-state index is 12.7. The van der Waals surface area contributed by atoms with Crippen LogP contribution in [-0.2, 0) is 10.0 Å². The summed E-state index contributed by atoms with van der Waals surface area (Å²) < 4.78 is 27.8. The number of rotatable bonds is 6. The molecule has 32 heavy (non-hydrogen) atoms. The molecule has 0 spiro atoms. The molecule has 4 aromatic carbocycles. The van der Waals surface area contributed by atoms with Gasteiger partial charge in [-0.25, -0.2) is 13.8 Å². The predicted octanol–water partition coefficient (Wildman–Crippen LogP) is 5.06. The summed E-state index contributed by atoms with van der Waals surface area (Å²) in [5.41, 5.74) is 3.59. The summed E-state index contributed by atoms with van der Waals surface area (Å²) in [5, 5.41) is 6.54. The normalized spacial score (nSPS) is 11.5. The Kier molecular flexibility index (Phi) is 6.20. The van der Waals surface area contributed by atoms with Crippen LogP contribution in [0.3, 0.4) is 0 Å². The van der Waals surface area contributed by atoms with Gasteiger partial charge in [0.1, 0.15) is 0 Å². The van der Waals surface area contributed by atoms with Crippen LogP contribution in [-0.4, -0.2) is 20.5 Å². The first-order valence-electron chi connectivity index (χ1n) is 9.63. The second-order valence-corrected chi connectivity index (χ2v) is 8.99. The molecule has 6 nitrogen and oxygen atoms in total. The van der Waals surface area contributed by atoms with Crippen molar-refractivity contribution in [2.75, 3.05) is 4.72 Å². The third-order valence-electron chi connectivity index (χ3n) is 4.73. The maximum Gasteiger partial charge on any atom is 0.273 e. The molecule has 0 aliphatic rings. The van der Waals surface area contributed by atoms with Gasteiger partial charge in [-0.2, -0.15) is 5.10 Å². The average Bonchev–Trinajstić information content (AvgIpc) is 2.79. The van der Waals surface area contributed by atoms with Gasteiger partial charge in [0.15, 0.2) is 0 Å². The molecule has 160 valence electrons. The van der Waals surface area contributed by atoms with Gasteiger partial charge in [-0.3, -0.25) is 9.52 Å². The van der Waals surface area contributed by atoms with Crippen molar-refractivity contribution in [3.63, 3.8) is 0 Å². The molecule has 0 unspecified atom stereocenters. The topological polar surface area (TPSA) is 87.6 Å². The molecule has 0 aliphatic heterocycles. The summed E-state index contributed by atoms with van der Waals surface area (Å²) in [5.74, 6) is -0.545. The molecule has 0 saturated heterocycles. The number of nitrogens with zero attached hydrogens (tertiary/aromatic N) is 1. The number of hydrazone groups is 1. The van der Waals surface area contributed by atoms with E-state index in [4.69, 9.17) is 11.6 Å². The molecule has 0 radical (unpaired) electrons. The lowest BCUT2D eigenvalue weighted by molar-refractivity contribution is 0.0956. The van der Waals surface area contributed by atoms with Crippen LogP contribution in [0.15, 0.2) is 101 Å². The molecule has 0 aliphatic carbocycles. The van der Waals surface area contributed by atoms with E-state index in [1.807, 2.05) is 42.5 Å². The second kappa shape index (κ2) is 9.21. The van der Waals surface area contributed by atoms with Gasteiger partial charge in [-0.1, -0.05) is 66.2 Å². The average molecular weight is 464 g/mol. The van der Waals surface area contributed by atoms with Crippen molar-refractivity contribution >= 4 is 50.2 Å². The van der Waals surface area contributed by atoms with Crippen LogP contribution < -0.4 is 10.1 Å². The Morgan fingerprint density at radius 1 is 0.844 bits per heavy atom. The van der Waals surface area contributed by atoms with E-state index in [0.29, 0.717) is 5.02 Å². The van der Waals surface area contributed by atoms with Crippen molar-refractivity contribution in [3.05, 3.63) is 107 Å². The Hall–Kier alpha value is -3.68. The van der Waals surface area contributed by atoms with Crippen LogP contribution in [0, 0.1) is 0 Å². The molecule has 0 aromatic heterocycles. The number of sulfonamides is 1. The lowest BCUT2D eigenvalue weighted by Crippen LogP contribution is -2.21. The van der Waals surface area contributed by atoms with E-state index in [1.165, 1.54) is 36.4 Å². The number of para-hydroxylation sites is 1. The third-order valence-corrected chi connectivity index (χ3v) is 6.37. The van der Waals surface area contributed by atoms with E-state index >= 15 is 0 Å². The number of carbonyl (C=O) groups excluding carboxylic acids is 1. The molecule has 1 amide bonds.